The first-order valence-electron chi connectivity index (χ1n) is 9.22. The number of hydrogen-bond donors (Lipinski definition) is 1. The number of hydrogen-bond acceptors (Lipinski definition) is 3. The number of imidazole rings is 1. The molecule has 2 atom stereocenters. The maximum absolute atomic E-state index is 13.2. The zero-order chi connectivity index (χ0) is 20.1. The van der Waals surface area contributed by atoms with Gasteiger partial charge in [-0.3, -0.25) is 4.57 Å². The summed E-state index contributed by atoms with van der Waals surface area (Å²) in [5, 5.41) is 3.20. The molecule has 2 aromatic rings. The minimum absolute atomic E-state index is 0.0344. The molecule has 0 aliphatic carbocycles. The van der Waals surface area contributed by atoms with Gasteiger partial charge in [-0.15, -0.1) is 0 Å². The lowest BCUT2D eigenvalue weighted by Crippen LogP contribution is -2.50. The highest BCUT2D eigenvalue weighted by Crippen LogP contribution is 2.25. The van der Waals surface area contributed by atoms with E-state index in [1.165, 1.54) is 24.5 Å². The van der Waals surface area contributed by atoms with Gasteiger partial charge >= 0.3 is 6.55 Å². The van der Waals surface area contributed by atoms with E-state index in [9.17, 15) is 13.2 Å². The average molecular weight is 395 g/mol. The van der Waals surface area contributed by atoms with E-state index in [0.29, 0.717) is 25.6 Å². The van der Waals surface area contributed by atoms with Gasteiger partial charge in [0.1, 0.15) is 24.3 Å². The Morgan fingerprint density at radius 1 is 1.32 bits per heavy atom. The lowest BCUT2D eigenvalue weighted by molar-refractivity contribution is -0.0605. The van der Waals surface area contributed by atoms with Crippen LogP contribution < -0.4 is 5.32 Å². The molecule has 3 rings (SSSR count). The maximum atomic E-state index is 13.2. The van der Waals surface area contributed by atoms with E-state index in [2.05, 4.69) is 15.3 Å². The molecule has 6 nitrogen and oxygen atoms in total. The van der Waals surface area contributed by atoms with Crippen LogP contribution in [0.3, 0.4) is 0 Å². The van der Waals surface area contributed by atoms with Crippen molar-refractivity contribution in [3.8, 4) is 0 Å². The number of morpholine rings is 1. The second-order valence-electron chi connectivity index (χ2n) is 6.59. The van der Waals surface area contributed by atoms with Crippen LogP contribution >= 0.6 is 0 Å². The molecule has 1 fully saturated rings. The van der Waals surface area contributed by atoms with Crippen molar-refractivity contribution in [2.24, 2.45) is 4.99 Å². The SMILES string of the molecule is CCNC(=NCc1nccn1C(F)F)N1CC(C)OC(c2ccc(F)cc2)C1. The van der Waals surface area contributed by atoms with E-state index in [-0.39, 0.29) is 30.4 Å². The highest BCUT2D eigenvalue weighted by Gasteiger charge is 2.28. The molecule has 0 amide bonds. The fourth-order valence-corrected chi connectivity index (χ4v) is 3.20. The molecule has 1 N–H and O–H groups in total. The molecular formula is C19H24F3N5O. The predicted octanol–water partition coefficient (Wildman–Crippen LogP) is 3.34. The summed E-state index contributed by atoms with van der Waals surface area (Å²) < 4.78 is 46.1. The molecule has 0 radical (unpaired) electrons. The van der Waals surface area contributed by atoms with Crippen LogP contribution in [-0.4, -0.2) is 46.1 Å². The quantitative estimate of drug-likeness (QED) is 0.623. The van der Waals surface area contributed by atoms with Gasteiger partial charge in [0.2, 0.25) is 0 Å². The van der Waals surface area contributed by atoms with Crippen molar-refractivity contribution in [3.05, 3.63) is 53.9 Å². The van der Waals surface area contributed by atoms with Gasteiger partial charge in [-0.25, -0.2) is 14.4 Å². The number of benzene rings is 1. The normalized spacial score (nSPS) is 20.6. The number of alkyl halides is 2. The second-order valence-corrected chi connectivity index (χ2v) is 6.59. The summed E-state index contributed by atoms with van der Waals surface area (Å²) in [6, 6.07) is 6.23. The first-order chi connectivity index (χ1) is 13.5. The first kappa shape index (κ1) is 20.2. The minimum atomic E-state index is -2.65. The summed E-state index contributed by atoms with van der Waals surface area (Å²) in [6.07, 6.45) is 2.27. The molecule has 0 spiro atoms. The Morgan fingerprint density at radius 2 is 2.07 bits per heavy atom. The summed E-state index contributed by atoms with van der Waals surface area (Å²) >= 11 is 0. The summed E-state index contributed by atoms with van der Waals surface area (Å²) in [5.41, 5.74) is 0.877. The van der Waals surface area contributed by atoms with Gasteiger partial charge in [0, 0.05) is 25.5 Å². The molecule has 1 aliphatic heterocycles. The fourth-order valence-electron chi connectivity index (χ4n) is 3.20. The monoisotopic (exact) mass is 395 g/mol. The van der Waals surface area contributed by atoms with Crippen LogP contribution in [0.4, 0.5) is 13.2 Å². The van der Waals surface area contributed by atoms with E-state index in [4.69, 9.17) is 4.74 Å². The van der Waals surface area contributed by atoms with Crippen LogP contribution in [0.2, 0.25) is 0 Å². The molecule has 9 heteroatoms. The molecular weight excluding hydrogens is 371 g/mol. The van der Waals surface area contributed by atoms with Crippen molar-refractivity contribution in [2.45, 2.75) is 39.1 Å². The number of rotatable bonds is 5. The number of aliphatic imine (C=N–C) groups is 1. The summed E-state index contributed by atoms with van der Waals surface area (Å²) in [4.78, 5) is 10.5. The van der Waals surface area contributed by atoms with Crippen LogP contribution in [0, 0.1) is 5.82 Å². The van der Waals surface area contributed by atoms with Crippen molar-refractivity contribution in [1.82, 2.24) is 19.8 Å². The van der Waals surface area contributed by atoms with Crippen LogP contribution in [-0.2, 0) is 11.3 Å². The van der Waals surface area contributed by atoms with Gasteiger partial charge in [0.25, 0.3) is 0 Å². The molecule has 0 bridgehead atoms. The zero-order valence-corrected chi connectivity index (χ0v) is 15.9. The Morgan fingerprint density at radius 3 is 2.75 bits per heavy atom. The Balaban J connectivity index is 1.77. The van der Waals surface area contributed by atoms with Crippen LogP contribution in [0.1, 0.15) is 37.9 Å². The lowest BCUT2D eigenvalue weighted by atomic mass is 10.1. The standard InChI is InChI=1S/C19H24F3N5O/c1-3-23-19(25-10-17-24-8-9-27(17)18(21)22)26-11-13(2)28-16(12-26)14-4-6-15(20)7-5-14/h4-9,13,16,18H,3,10-12H2,1-2H3,(H,23,25). The Bertz CT molecular complexity index is 793. The Kier molecular flexibility index (Phi) is 6.56. The predicted molar refractivity (Wildman–Crippen MR) is 99.6 cm³/mol. The van der Waals surface area contributed by atoms with Crippen molar-refractivity contribution < 1.29 is 17.9 Å². The van der Waals surface area contributed by atoms with Gasteiger partial charge in [0.05, 0.1) is 12.6 Å². The van der Waals surface area contributed by atoms with Crippen molar-refractivity contribution in [2.75, 3.05) is 19.6 Å². The van der Waals surface area contributed by atoms with E-state index in [1.54, 1.807) is 12.1 Å². The van der Waals surface area contributed by atoms with Gasteiger partial charge < -0.3 is 15.0 Å². The summed E-state index contributed by atoms with van der Waals surface area (Å²) in [6.45, 7) is 3.04. The van der Waals surface area contributed by atoms with Crippen molar-refractivity contribution in [3.63, 3.8) is 0 Å². The third-order valence-electron chi connectivity index (χ3n) is 4.47. The molecule has 1 aliphatic rings. The van der Waals surface area contributed by atoms with E-state index >= 15 is 0 Å². The summed E-state index contributed by atoms with van der Waals surface area (Å²) in [7, 11) is 0. The number of halogens is 3. The van der Waals surface area contributed by atoms with Gasteiger partial charge in [-0.05, 0) is 31.5 Å². The minimum Gasteiger partial charge on any atom is -0.367 e. The number of ether oxygens (including phenoxy) is 1. The van der Waals surface area contributed by atoms with Gasteiger partial charge in [-0.1, -0.05) is 12.1 Å². The second kappa shape index (κ2) is 9.09. The molecule has 2 heterocycles. The molecule has 1 aromatic carbocycles. The number of guanidine groups is 1. The van der Waals surface area contributed by atoms with E-state index in [1.807, 2.05) is 18.7 Å². The van der Waals surface area contributed by atoms with Gasteiger partial charge in [-0.2, -0.15) is 8.78 Å². The molecule has 152 valence electrons. The van der Waals surface area contributed by atoms with Crippen molar-refractivity contribution >= 4 is 5.96 Å². The number of nitrogens with one attached hydrogen (secondary N) is 1. The first-order valence-corrected chi connectivity index (χ1v) is 9.22. The smallest absolute Gasteiger partial charge is 0.319 e. The van der Waals surface area contributed by atoms with Gasteiger partial charge in [0.15, 0.2) is 5.96 Å². The van der Waals surface area contributed by atoms with Crippen LogP contribution in [0.25, 0.3) is 0 Å². The van der Waals surface area contributed by atoms with Crippen LogP contribution in [0.5, 0.6) is 0 Å². The van der Waals surface area contributed by atoms with Crippen LogP contribution in [0.15, 0.2) is 41.7 Å². The maximum Gasteiger partial charge on any atom is 0.319 e. The molecule has 1 aromatic heterocycles. The third-order valence-corrected chi connectivity index (χ3v) is 4.47. The lowest BCUT2D eigenvalue weighted by Gasteiger charge is -2.38. The third kappa shape index (κ3) is 4.83. The molecule has 1 saturated heterocycles. The van der Waals surface area contributed by atoms with E-state index < -0.39 is 6.55 Å². The summed E-state index contributed by atoms with van der Waals surface area (Å²) in [5.74, 6) is 0.504. The molecule has 28 heavy (non-hydrogen) atoms. The number of aromatic nitrogens is 2. The largest absolute Gasteiger partial charge is 0.367 e. The molecule has 2 unspecified atom stereocenters. The Hall–Kier alpha value is -2.55. The highest BCUT2D eigenvalue weighted by atomic mass is 19.3. The number of nitrogens with zero attached hydrogens (tertiary/aromatic N) is 4. The fraction of sp³-hybridized carbons (Fsp3) is 0.474. The molecule has 0 saturated carbocycles. The highest BCUT2D eigenvalue weighted by molar-refractivity contribution is 5.80. The average Bonchev–Trinajstić information content (AvgIpc) is 3.14. The zero-order valence-electron chi connectivity index (χ0n) is 15.9. The van der Waals surface area contributed by atoms with Crippen molar-refractivity contribution in [1.29, 1.82) is 0 Å². The van der Waals surface area contributed by atoms with E-state index in [0.717, 1.165) is 10.1 Å². The Labute approximate surface area is 162 Å². The topological polar surface area (TPSA) is 54.7 Å².